The van der Waals surface area contributed by atoms with Gasteiger partial charge in [0.15, 0.2) is 0 Å². The van der Waals surface area contributed by atoms with Crippen LogP contribution in [0.5, 0.6) is 0 Å². The van der Waals surface area contributed by atoms with Crippen LogP contribution in [0.15, 0.2) is 0 Å². The van der Waals surface area contributed by atoms with Crippen LogP contribution in [0.25, 0.3) is 0 Å². The minimum absolute atomic E-state index is 0.321. The molecule has 1 rings (SSSR count). The summed E-state index contributed by atoms with van der Waals surface area (Å²) in [6, 6.07) is 0. The van der Waals surface area contributed by atoms with E-state index in [1.165, 1.54) is 0 Å². The highest BCUT2D eigenvalue weighted by Crippen LogP contribution is 2.28. The molecule has 0 aromatic carbocycles. The van der Waals surface area contributed by atoms with E-state index in [-0.39, 0.29) is 0 Å². The van der Waals surface area contributed by atoms with Crippen LogP contribution in [0.3, 0.4) is 0 Å². The lowest BCUT2D eigenvalue weighted by Crippen LogP contribution is -2.04. The molecule has 1 heterocycles. The molecule has 0 aliphatic carbocycles. The van der Waals surface area contributed by atoms with Crippen molar-refractivity contribution in [2.24, 2.45) is 0 Å². The molecular formula is C5H10OS2. The number of thioether (sulfide) groups is 1. The molecule has 0 radical (unpaired) electrons. The fourth-order valence-electron chi connectivity index (χ4n) is 0.814. The standard InChI is InChI=1S/C5H10OS2/c6-2-5-1-4(7)3-8-5/h4-7H,1-3H2. The molecule has 1 saturated heterocycles. The summed E-state index contributed by atoms with van der Waals surface area (Å²) < 4.78 is 0. The molecular weight excluding hydrogens is 140 g/mol. The smallest absolute Gasteiger partial charge is 0.0550 e. The number of hydrogen-bond acceptors (Lipinski definition) is 3. The first-order chi connectivity index (χ1) is 3.83. The fourth-order valence-corrected chi connectivity index (χ4v) is 2.57. The zero-order valence-corrected chi connectivity index (χ0v) is 6.29. The van der Waals surface area contributed by atoms with E-state index >= 15 is 0 Å². The molecule has 0 aromatic heterocycles. The Morgan fingerprint density at radius 3 is 2.75 bits per heavy atom. The maximum Gasteiger partial charge on any atom is 0.0550 e. The van der Waals surface area contributed by atoms with Crippen LogP contribution < -0.4 is 0 Å². The van der Waals surface area contributed by atoms with Crippen LogP contribution in [0.1, 0.15) is 6.42 Å². The Hall–Kier alpha value is 0.660. The van der Waals surface area contributed by atoms with Crippen molar-refractivity contribution in [1.29, 1.82) is 0 Å². The summed E-state index contributed by atoms with van der Waals surface area (Å²) in [6.45, 7) is 0.321. The van der Waals surface area contributed by atoms with E-state index in [1.54, 1.807) is 0 Å². The Labute approximate surface area is 59.3 Å². The van der Waals surface area contributed by atoms with Gasteiger partial charge in [0.25, 0.3) is 0 Å². The van der Waals surface area contributed by atoms with Gasteiger partial charge in [-0.1, -0.05) is 0 Å². The third-order valence-electron chi connectivity index (χ3n) is 1.26. The van der Waals surface area contributed by atoms with Gasteiger partial charge in [-0.15, -0.1) is 0 Å². The predicted octanol–water partition coefficient (Wildman–Crippen LogP) is 0.783. The first kappa shape index (κ1) is 6.78. The number of thiol groups is 1. The van der Waals surface area contributed by atoms with Gasteiger partial charge in [-0.3, -0.25) is 0 Å². The number of aliphatic hydroxyl groups is 1. The zero-order chi connectivity index (χ0) is 5.98. The van der Waals surface area contributed by atoms with Gasteiger partial charge in [-0.05, 0) is 6.42 Å². The monoisotopic (exact) mass is 150 g/mol. The number of rotatable bonds is 1. The first-order valence-corrected chi connectivity index (χ1v) is 4.30. The molecule has 1 N–H and O–H groups in total. The minimum Gasteiger partial charge on any atom is -0.395 e. The number of hydrogen-bond donors (Lipinski definition) is 2. The Morgan fingerprint density at radius 2 is 2.50 bits per heavy atom. The van der Waals surface area contributed by atoms with Gasteiger partial charge in [0.05, 0.1) is 6.61 Å². The average Bonchev–Trinajstić information content (AvgIpc) is 2.14. The molecule has 1 aliphatic rings. The van der Waals surface area contributed by atoms with E-state index < -0.39 is 0 Å². The van der Waals surface area contributed by atoms with Crippen molar-refractivity contribution >= 4 is 24.4 Å². The van der Waals surface area contributed by atoms with Gasteiger partial charge >= 0.3 is 0 Å². The first-order valence-electron chi connectivity index (χ1n) is 2.73. The molecule has 0 saturated carbocycles. The van der Waals surface area contributed by atoms with Crippen molar-refractivity contribution in [2.45, 2.75) is 16.9 Å². The molecule has 8 heavy (non-hydrogen) atoms. The Morgan fingerprint density at radius 1 is 1.75 bits per heavy atom. The lowest BCUT2D eigenvalue weighted by atomic mass is 10.3. The average molecular weight is 150 g/mol. The normalized spacial score (nSPS) is 38.2. The number of aliphatic hydroxyl groups excluding tert-OH is 1. The molecule has 1 aliphatic heterocycles. The molecule has 1 nitrogen and oxygen atoms in total. The zero-order valence-electron chi connectivity index (χ0n) is 4.58. The van der Waals surface area contributed by atoms with Crippen molar-refractivity contribution in [3.8, 4) is 0 Å². The van der Waals surface area contributed by atoms with Crippen LogP contribution in [0.4, 0.5) is 0 Å². The highest BCUT2D eigenvalue weighted by Gasteiger charge is 2.20. The molecule has 2 unspecified atom stereocenters. The van der Waals surface area contributed by atoms with Gasteiger partial charge in [0.2, 0.25) is 0 Å². The fraction of sp³-hybridized carbons (Fsp3) is 1.00. The van der Waals surface area contributed by atoms with Crippen molar-refractivity contribution in [3.63, 3.8) is 0 Å². The topological polar surface area (TPSA) is 20.2 Å². The Balaban J connectivity index is 2.22. The molecule has 0 spiro atoms. The summed E-state index contributed by atoms with van der Waals surface area (Å²) in [5, 5.41) is 9.62. The quantitative estimate of drug-likeness (QED) is 0.539. The molecule has 48 valence electrons. The van der Waals surface area contributed by atoms with Gasteiger partial charge < -0.3 is 5.11 Å². The summed E-state index contributed by atoms with van der Waals surface area (Å²) in [6.07, 6.45) is 1.07. The van der Waals surface area contributed by atoms with Crippen molar-refractivity contribution in [3.05, 3.63) is 0 Å². The maximum absolute atomic E-state index is 8.63. The molecule has 2 atom stereocenters. The van der Waals surface area contributed by atoms with Crippen LogP contribution in [0, 0.1) is 0 Å². The third kappa shape index (κ3) is 1.57. The minimum atomic E-state index is 0.321. The Bertz CT molecular complexity index is 76.8. The third-order valence-corrected chi connectivity index (χ3v) is 3.31. The summed E-state index contributed by atoms with van der Waals surface area (Å²) in [5.74, 6) is 1.11. The van der Waals surface area contributed by atoms with E-state index in [0.717, 1.165) is 12.2 Å². The predicted molar refractivity (Wildman–Crippen MR) is 40.7 cm³/mol. The van der Waals surface area contributed by atoms with Gasteiger partial charge in [-0.2, -0.15) is 24.4 Å². The van der Waals surface area contributed by atoms with E-state index in [2.05, 4.69) is 12.6 Å². The van der Waals surface area contributed by atoms with E-state index in [0.29, 0.717) is 17.1 Å². The second kappa shape index (κ2) is 2.99. The van der Waals surface area contributed by atoms with E-state index in [4.69, 9.17) is 5.11 Å². The highest BCUT2D eigenvalue weighted by atomic mass is 32.2. The summed E-state index contributed by atoms with van der Waals surface area (Å²) in [5.41, 5.74) is 0. The highest BCUT2D eigenvalue weighted by molar-refractivity contribution is 8.01. The van der Waals surface area contributed by atoms with Gasteiger partial charge in [0, 0.05) is 16.3 Å². The summed E-state index contributed by atoms with van der Waals surface area (Å²) >= 11 is 6.10. The molecule has 0 amide bonds. The molecule has 1 fully saturated rings. The van der Waals surface area contributed by atoms with Crippen LogP contribution in [-0.4, -0.2) is 28.0 Å². The van der Waals surface area contributed by atoms with Crippen LogP contribution in [0.2, 0.25) is 0 Å². The van der Waals surface area contributed by atoms with Crippen molar-refractivity contribution < 1.29 is 5.11 Å². The molecule has 0 aromatic rings. The lowest BCUT2D eigenvalue weighted by Gasteiger charge is -1.99. The SMILES string of the molecule is OCC1CC(S)CS1. The second-order valence-corrected chi connectivity index (χ2v) is 4.09. The Kier molecular flexibility index (Phi) is 2.53. The summed E-state index contributed by atoms with van der Waals surface area (Å²) in [7, 11) is 0. The van der Waals surface area contributed by atoms with Crippen LogP contribution in [-0.2, 0) is 0 Å². The van der Waals surface area contributed by atoms with Crippen molar-refractivity contribution in [1.82, 2.24) is 0 Å². The van der Waals surface area contributed by atoms with Crippen LogP contribution >= 0.6 is 24.4 Å². The van der Waals surface area contributed by atoms with Gasteiger partial charge in [-0.25, -0.2) is 0 Å². The van der Waals surface area contributed by atoms with E-state index in [1.807, 2.05) is 11.8 Å². The molecule has 3 heteroatoms. The van der Waals surface area contributed by atoms with Crippen molar-refractivity contribution in [2.75, 3.05) is 12.4 Å². The molecule has 0 bridgehead atoms. The lowest BCUT2D eigenvalue weighted by molar-refractivity contribution is 0.293. The maximum atomic E-state index is 8.63. The van der Waals surface area contributed by atoms with Gasteiger partial charge in [0.1, 0.15) is 0 Å². The summed E-state index contributed by atoms with van der Waals surface area (Å²) in [4.78, 5) is 0. The second-order valence-electron chi connectivity index (χ2n) is 2.03. The largest absolute Gasteiger partial charge is 0.395 e. The van der Waals surface area contributed by atoms with E-state index in [9.17, 15) is 0 Å².